The number of aromatic nitrogens is 4. The number of benzene rings is 2. The molecular formula is C23H24N6O2. The Labute approximate surface area is 180 Å². The highest BCUT2D eigenvalue weighted by Gasteiger charge is 2.11. The first-order valence-corrected chi connectivity index (χ1v) is 10.2. The molecule has 2 amide bonds. The standard InChI is InChI=1S/C23H24N6O2/c1-16(2)21-26-22(31-28-21)17-8-10-18(11-9-17)25-23(30)24-14-12-19-13-15-29(27-19)20-6-4-3-5-7-20/h3-11,13,15-16H,12,14H2,1-2H3,(H2,24,25,30). The fraction of sp³-hybridized carbons (Fsp3) is 0.217. The number of nitrogens with one attached hydrogen (secondary N) is 2. The lowest BCUT2D eigenvalue weighted by Gasteiger charge is -2.07. The summed E-state index contributed by atoms with van der Waals surface area (Å²) in [5, 5.41) is 14.2. The van der Waals surface area contributed by atoms with E-state index < -0.39 is 0 Å². The second-order valence-electron chi connectivity index (χ2n) is 7.41. The largest absolute Gasteiger partial charge is 0.337 e. The minimum absolute atomic E-state index is 0.203. The van der Waals surface area contributed by atoms with E-state index in [9.17, 15) is 4.79 Å². The quantitative estimate of drug-likeness (QED) is 0.465. The Balaban J connectivity index is 1.26. The van der Waals surface area contributed by atoms with E-state index in [1.807, 2.05) is 73.3 Å². The summed E-state index contributed by atoms with van der Waals surface area (Å²) in [5.74, 6) is 1.34. The average molecular weight is 416 g/mol. The number of para-hydroxylation sites is 1. The van der Waals surface area contributed by atoms with E-state index in [4.69, 9.17) is 4.52 Å². The first-order valence-electron chi connectivity index (χ1n) is 10.2. The smallest absolute Gasteiger partial charge is 0.319 e. The van der Waals surface area contributed by atoms with E-state index in [1.165, 1.54) is 0 Å². The van der Waals surface area contributed by atoms with Crippen molar-refractivity contribution in [2.75, 3.05) is 11.9 Å². The Hall–Kier alpha value is -3.94. The van der Waals surface area contributed by atoms with Crippen LogP contribution in [0.3, 0.4) is 0 Å². The third-order valence-corrected chi connectivity index (χ3v) is 4.68. The van der Waals surface area contributed by atoms with Gasteiger partial charge in [-0.1, -0.05) is 37.2 Å². The van der Waals surface area contributed by atoms with Crippen molar-refractivity contribution in [1.29, 1.82) is 0 Å². The fourth-order valence-electron chi connectivity index (χ4n) is 2.98. The van der Waals surface area contributed by atoms with Crippen molar-refractivity contribution in [1.82, 2.24) is 25.2 Å². The third-order valence-electron chi connectivity index (χ3n) is 4.68. The molecular weight excluding hydrogens is 392 g/mol. The topological polar surface area (TPSA) is 97.9 Å². The van der Waals surface area contributed by atoms with Gasteiger partial charge in [0, 0.05) is 36.3 Å². The predicted octanol–water partition coefficient (Wildman–Crippen LogP) is 4.41. The van der Waals surface area contributed by atoms with Gasteiger partial charge in [0.05, 0.1) is 11.4 Å². The number of anilines is 1. The van der Waals surface area contributed by atoms with Crippen molar-refractivity contribution < 1.29 is 9.32 Å². The Morgan fingerprint density at radius 1 is 1.06 bits per heavy atom. The molecule has 2 heterocycles. The normalized spacial score (nSPS) is 10.9. The zero-order valence-electron chi connectivity index (χ0n) is 17.4. The van der Waals surface area contributed by atoms with E-state index in [0.717, 1.165) is 16.9 Å². The molecule has 4 aromatic rings. The molecule has 0 unspecified atom stereocenters. The van der Waals surface area contributed by atoms with Crippen LogP contribution in [-0.2, 0) is 6.42 Å². The summed E-state index contributed by atoms with van der Waals surface area (Å²) in [5.41, 5.74) is 3.40. The van der Waals surface area contributed by atoms with Gasteiger partial charge >= 0.3 is 6.03 Å². The second kappa shape index (κ2) is 9.25. The van der Waals surface area contributed by atoms with E-state index >= 15 is 0 Å². The Morgan fingerprint density at radius 2 is 1.84 bits per heavy atom. The number of amides is 2. The monoisotopic (exact) mass is 416 g/mol. The Kier molecular flexibility index (Phi) is 6.07. The van der Waals surface area contributed by atoms with Crippen molar-refractivity contribution >= 4 is 11.7 Å². The average Bonchev–Trinajstić information content (AvgIpc) is 3.45. The number of nitrogens with zero attached hydrogens (tertiary/aromatic N) is 4. The second-order valence-corrected chi connectivity index (χ2v) is 7.41. The molecule has 4 rings (SSSR count). The SMILES string of the molecule is CC(C)c1noc(-c2ccc(NC(=O)NCCc3ccn(-c4ccccc4)n3)cc2)n1. The van der Waals surface area contributed by atoms with Crippen LogP contribution >= 0.6 is 0 Å². The number of hydrogen-bond acceptors (Lipinski definition) is 5. The zero-order chi connectivity index (χ0) is 21.6. The van der Waals surface area contributed by atoms with Crippen molar-refractivity contribution in [2.24, 2.45) is 0 Å². The zero-order valence-corrected chi connectivity index (χ0v) is 17.4. The minimum Gasteiger partial charge on any atom is -0.337 e. The van der Waals surface area contributed by atoms with Crippen LogP contribution in [-0.4, -0.2) is 32.5 Å². The fourth-order valence-corrected chi connectivity index (χ4v) is 2.98. The van der Waals surface area contributed by atoms with Crippen LogP contribution in [0.4, 0.5) is 10.5 Å². The molecule has 8 heteroatoms. The van der Waals surface area contributed by atoms with Gasteiger partial charge < -0.3 is 15.2 Å². The lowest BCUT2D eigenvalue weighted by atomic mass is 10.2. The Morgan fingerprint density at radius 3 is 2.55 bits per heavy atom. The summed E-state index contributed by atoms with van der Waals surface area (Å²) in [7, 11) is 0. The van der Waals surface area contributed by atoms with E-state index in [2.05, 4.69) is 25.9 Å². The number of urea groups is 1. The molecule has 0 spiro atoms. The summed E-state index contributed by atoms with van der Waals surface area (Å²) in [6.45, 7) is 4.50. The van der Waals surface area contributed by atoms with Crippen LogP contribution < -0.4 is 10.6 Å². The van der Waals surface area contributed by atoms with Crippen LogP contribution in [0, 0.1) is 0 Å². The third kappa shape index (κ3) is 5.16. The van der Waals surface area contributed by atoms with E-state index in [-0.39, 0.29) is 11.9 Å². The van der Waals surface area contributed by atoms with Gasteiger partial charge in [-0.2, -0.15) is 10.1 Å². The molecule has 2 aromatic carbocycles. The molecule has 0 aliphatic carbocycles. The van der Waals surface area contributed by atoms with Gasteiger partial charge in [-0.3, -0.25) is 0 Å². The molecule has 0 atom stereocenters. The van der Waals surface area contributed by atoms with E-state index in [0.29, 0.717) is 30.4 Å². The number of rotatable bonds is 7. The maximum Gasteiger partial charge on any atom is 0.319 e. The molecule has 0 bridgehead atoms. The molecule has 0 radical (unpaired) electrons. The number of hydrogen-bond donors (Lipinski definition) is 2. The van der Waals surface area contributed by atoms with Crippen molar-refractivity contribution in [2.45, 2.75) is 26.2 Å². The highest BCUT2D eigenvalue weighted by Crippen LogP contribution is 2.21. The van der Waals surface area contributed by atoms with Crippen molar-refractivity contribution in [3.8, 4) is 17.1 Å². The van der Waals surface area contributed by atoms with Crippen LogP contribution in [0.25, 0.3) is 17.1 Å². The highest BCUT2D eigenvalue weighted by molar-refractivity contribution is 5.89. The molecule has 0 aliphatic rings. The molecule has 2 aromatic heterocycles. The number of carbonyl (C=O) groups excluding carboxylic acids is 1. The van der Waals surface area contributed by atoms with Gasteiger partial charge in [-0.05, 0) is 42.5 Å². The summed E-state index contributed by atoms with van der Waals surface area (Å²) < 4.78 is 7.11. The molecule has 31 heavy (non-hydrogen) atoms. The van der Waals surface area contributed by atoms with Gasteiger partial charge in [-0.15, -0.1) is 0 Å². The first-order chi connectivity index (χ1) is 15.1. The van der Waals surface area contributed by atoms with Gasteiger partial charge in [0.25, 0.3) is 5.89 Å². The first kappa shape index (κ1) is 20.3. The van der Waals surface area contributed by atoms with Gasteiger partial charge in [0.2, 0.25) is 0 Å². The Bertz CT molecular complexity index is 1130. The maximum atomic E-state index is 12.2. The molecule has 0 saturated heterocycles. The van der Waals surface area contributed by atoms with Gasteiger partial charge in [0.1, 0.15) is 0 Å². The van der Waals surface area contributed by atoms with Crippen LogP contribution in [0.5, 0.6) is 0 Å². The minimum atomic E-state index is -0.268. The van der Waals surface area contributed by atoms with Crippen LogP contribution in [0.2, 0.25) is 0 Å². The summed E-state index contributed by atoms with van der Waals surface area (Å²) >= 11 is 0. The molecule has 0 aliphatic heterocycles. The maximum absolute atomic E-state index is 12.2. The van der Waals surface area contributed by atoms with Crippen molar-refractivity contribution in [3.05, 3.63) is 78.4 Å². The van der Waals surface area contributed by atoms with Gasteiger partial charge in [-0.25, -0.2) is 9.48 Å². The lowest BCUT2D eigenvalue weighted by molar-refractivity contribution is 0.252. The van der Waals surface area contributed by atoms with Crippen LogP contribution in [0.15, 0.2) is 71.4 Å². The van der Waals surface area contributed by atoms with Gasteiger partial charge in [0.15, 0.2) is 5.82 Å². The van der Waals surface area contributed by atoms with Crippen LogP contribution in [0.1, 0.15) is 31.3 Å². The molecule has 0 fully saturated rings. The molecule has 158 valence electrons. The highest BCUT2D eigenvalue weighted by atomic mass is 16.5. The predicted molar refractivity (Wildman–Crippen MR) is 118 cm³/mol. The van der Waals surface area contributed by atoms with E-state index in [1.54, 1.807) is 12.1 Å². The lowest BCUT2D eigenvalue weighted by Crippen LogP contribution is -2.30. The summed E-state index contributed by atoms with van der Waals surface area (Å²) in [6.07, 6.45) is 2.56. The summed E-state index contributed by atoms with van der Waals surface area (Å²) in [4.78, 5) is 16.5. The summed E-state index contributed by atoms with van der Waals surface area (Å²) in [6, 6.07) is 18.9. The van der Waals surface area contributed by atoms with Crippen molar-refractivity contribution in [3.63, 3.8) is 0 Å². The molecule has 0 saturated carbocycles. The molecule has 2 N–H and O–H groups in total. The molecule has 8 nitrogen and oxygen atoms in total. The number of carbonyl (C=O) groups is 1.